The van der Waals surface area contributed by atoms with E-state index in [1.54, 1.807) is 0 Å². The molecule has 0 aromatic rings. The van der Waals surface area contributed by atoms with Crippen LogP contribution in [0.5, 0.6) is 0 Å². The smallest absolute Gasteiger partial charge is 0.188 e. The monoisotopic (exact) mass is 266 g/mol. The molecule has 0 bridgehead atoms. The van der Waals surface area contributed by atoms with E-state index in [0.29, 0.717) is 0 Å². The highest BCUT2D eigenvalue weighted by Gasteiger charge is 2.55. The third kappa shape index (κ3) is 1.81. The summed E-state index contributed by atoms with van der Waals surface area (Å²) < 4.78 is 5.21. The van der Waals surface area contributed by atoms with Crippen LogP contribution in [0.15, 0.2) is 11.1 Å². The highest BCUT2D eigenvalue weighted by molar-refractivity contribution is 5.84. The number of aliphatic hydroxyl groups is 2. The molecule has 4 atom stereocenters. The first-order valence-electron chi connectivity index (χ1n) is 7.02. The highest BCUT2D eigenvalue weighted by Crippen LogP contribution is 2.54. The number of aliphatic hydroxyl groups excluding tert-OH is 1. The average molecular weight is 266 g/mol. The number of ketones is 1. The van der Waals surface area contributed by atoms with E-state index in [4.69, 9.17) is 4.74 Å². The molecule has 3 rings (SSSR count). The van der Waals surface area contributed by atoms with E-state index >= 15 is 0 Å². The van der Waals surface area contributed by atoms with Gasteiger partial charge in [0, 0.05) is 12.3 Å². The van der Waals surface area contributed by atoms with E-state index < -0.39 is 11.9 Å². The lowest BCUT2D eigenvalue weighted by Gasteiger charge is -2.26. The Morgan fingerprint density at radius 3 is 2.68 bits per heavy atom. The van der Waals surface area contributed by atoms with Crippen molar-refractivity contribution >= 4 is 5.78 Å². The van der Waals surface area contributed by atoms with Gasteiger partial charge in [0.1, 0.15) is 11.4 Å². The van der Waals surface area contributed by atoms with Gasteiger partial charge in [-0.1, -0.05) is 26.3 Å². The molecule has 1 aliphatic heterocycles. The van der Waals surface area contributed by atoms with Crippen LogP contribution >= 0.6 is 0 Å². The normalized spacial score (nSPS) is 45.1. The van der Waals surface area contributed by atoms with Crippen molar-refractivity contribution < 1.29 is 19.7 Å². The first kappa shape index (κ1) is 13.3. The fourth-order valence-corrected chi connectivity index (χ4v) is 4.04. The minimum atomic E-state index is -1.49. The molecule has 19 heavy (non-hydrogen) atoms. The number of Topliss-reactive ketones (excluding diaryl/α,β-unsaturated/α-hetero) is 1. The molecule has 2 aliphatic carbocycles. The predicted molar refractivity (Wildman–Crippen MR) is 69.2 cm³/mol. The molecule has 0 amide bonds. The molecular weight excluding hydrogens is 244 g/mol. The topological polar surface area (TPSA) is 66.8 Å². The SMILES string of the molecule is C[C@@H]1C(=O)C[C@]2(O)C(=C3CC(C)(C)C[C@@H]31)CO[C@@H]2O. The van der Waals surface area contributed by atoms with E-state index in [1.807, 2.05) is 6.92 Å². The molecule has 2 N–H and O–H groups in total. The number of hydrogen-bond donors (Lipinski definition) is 2. The van der Waals surface area contributed by atoms with E-state index in [9.17, 15) is 15.0 Å². The summed E-state index contributed by atoms with van der Waals surface area (Å²) in [5.74, 6) is 0.147. The molecule has 4 heteroatoms. The van der Waals surface area contributed by atoms with Gasteiger partial charge in [0.05, 0.1) is 6.61 Å². The summed E-state index contributed by atoms with van der Waals surface area (Å²) in [5, 5.41) is 20.6. The lowest BCUT2D eigenvalue weighted by molar-refractivity contribution is -0.162. The number of hydrogen-bond acceptors (Lipinski definition) is 4. The van der Waals surface area contributed by atoms with Crippen molar-refractivity contribution in [1.82, 2.24) is 0 Å². The van der Waals surface area contributed by atoms with Crippen molar-refractivity contribution in [3.05, 3.63) is 11.1 Å². The Bertz CT molecular complexity index is 465. The van der Waals surface area contributed by atoms with Crippen LogP contribution in [-0.4, -0.2) is 34.5 Å². The van der Waals surface area contributed by atoms with Crippen LogP contribution in [0.2, 0.25) is 0 Å². The van der Waals surface area contributed by atoms with Crippen molar-refractivity contribution in [3.8, 4) is 0 Å². The molecule has 0 radical (unpaired) electrons. The number of allylic oxidation sites excluding steroid dienone is 1. The quantitative estimate of drug-likeness (QED) is 0.651. The van der Waals surface area contributed by atoms with Gasteiger partial charge in [0.2, 0.25) is 0 Å². The van der Waals surface area contributed by atoms with Gasteiger partial charge >= 0.3 is 0 Å². The Morgan fingerprint density at radius 1 is 1.32 bits per heavy atom. The van der Waals surface area contributed by atoms with Gasteiger partial charge < -0.3 is 14.9 Å². The van der Waals surface area contributed by atoms with E-state index in [-0.39, 0.29) is 36.1 Å². The van der Waals surface area contributed by atoms with Crippen molar-refractivity contribution in [2.75, 3.05) is 6.61 Å². The number of ether oxygens (including phenoxy) is 1. The largest absolute Gasteiger partial charge is 0.380 e. The average Bonchev–Trinajstić information content (AvgIpc) is 2.74. The standard InChI is InChI=1S/C15H22O4/c1-8-9-4-14(2,3)5-10(9)11-7-19-13(17)15(11,18)6-12(8)16/h8-9,13,17-18H,4-7H2,1-3H3/t8-,9+,13-,15-/m0/s1. The number of carbonyl (C=O) groups excluding carboxylic acids is 1. The zero-order valence-electron chi connectivity index (χ0n) is 11.8. The van der Waals surface area contributed by atoms with Crippen LogP contribution in [0.4, 0.5) is 0 Å². The second-order valence-electron chi connectivity index (χ2n) is 7.17. The molecule has 2 fully saturated rings. The summed E-state index contributed by atoms with van der Waals surface area (Å²) >= 11 is 0. The van der Waals surface area contributed by atoms with Gasteiger partial charge in [-0.15, -0.1) is 0 Å². The zero-order chi connectivity index (χ0) is 14.0. The third-order valence-electron chi connectivity index (χ3n) is 5.15. The maximum absolute atomic E-state index is 12.3. The minimum absolute atomic E-state index is 0.0227. The van der Waals surface area contributed by atoms with Crippen molar-refractivity contribution in [2.45, 2.75) is 51.9 Å². The van der Waals surface area contributed by atoms with Crippen LogP contribution in [-0.2, 0) is 9.53 Å². The van der Waals surface area contributed by atoms with Gasteiger partial charge in [-0.3, -0.25) is 4.79 Å². The number of fused-ring (bicyclic) bond motifs is 2. The molecular formula is C15H22O4. The molecule has 0 spiro atoms. The first-order valence-corrected chi connectivity index (χ1v) is 7.02. The molecule has 1 heterocycles. The summed E-state index contributed by atoms with van der Waals surface area (Å²) in [7, 11) is 0. The molecule has 106 valence electrons. The van der Waals surface area contributed by atoms with Crippen LogP contribution in [0.3, 0.4) is 0 Å². The van der Waals surface area contributed by atoms with Crippen LogP contribution in [0, 0.1) is 17.3 Å². The molecule has 0 unspecified atom stereocenters. The third-order valence-corrected chi connectivity index (χ3v) is 5.15. The zero-order valence-corrected chi connectivity index (χ0v) is 11.8. The second-order valence-corrected chi connectivity index (χ2v) is 7.17. The molecule has 0 aromatic heterocycles. The van der Waals surface area contributed by atoms with Crippen molar-refractivity contribution in [1.29, 1.82) is 0 Å². The summed E-state index contributed by atoms with van der Waals surface area (Å²) in [5.41, 5.74) is 0.582. The Morgan fingerprint density at radius 2 is 2.00 bits per heavy atom. The van der Waals surface area contributed by atoms with E-state index in [1.165, 1.54) is 0 Å². The Labute approximate surface area is 113 Å². The van der Waals surface area contributed by atoms with Gasteiger partial charge in [-0.05, 0) is 29.7 Å². The van der Waals surface area contributed by atoms with Gasteiger partial charge in [-0.2, -0.15) is 0 Å². The molecule has 3 aliphatic rings. The predicted octanol–water partition coefficient (Wildman–Crippen LogP) is 1.41. The van der Waals surface area contributed by atoms with Gasteiger partial charge in [-0.25, -0.2) is 0 Å². The minimum Gasteiger partial charge on any atom is -0.380 e. The van der Waals surface area contributed by atoms with Gasteiger partial charge in [0.15, 0.2) is 6.29 Å². The Kier molecular flexibility index (Phi) is 2.73. The fourth-order valence-electron chi connectivity index (χ4n) is 4.04. The Balaban J connectivity index is 2.14. The summed E-state index contributed by atoms with van der Waals surface area (Å²) in [4.78, 5) is 12.3. The summed E-state index contributed by atoms with van der Waals surface area (Å²) in [6.07, 6.45) is 0.549. The lowest BCUT2D eigenvalue weighted by atomic mass is 9.83. The lowest BCUT2D eigenvalue weighted by Crippen LogP contribution is -2.42. The number of rotatable bonds is 0. The molecule has 4 nitrogen and oxygen atoms in total. The van der Waals surface area contributed by atoms with Crippen LogP contribution in [0.25, 0.3) is 0 Å². The maximum Gasteiger partial charge on any atom is 0.188 e. The molecule has 0 aromatic carbocycles. The summed E-state index contributed by atoms with van der Waals surface area (Å²) in [6, 6.07) is 0. The van der Waals surface area contributed by atoms with Crippen molar-refractivity contribution in [2.24, 2.45) is 17.3 Å². The summed E-state index contributed by atoms with van der Waals surface area (Å²) in [6.45, 7) is 6.58. The number of carbonyl (C=O) groups is 1. The highest BCUT2D eigenvalue weighted by atomic mass is 16.6. The van der Waals surface area contributed by atoms with Crippen molar-refractivity contribution in [3.63, 3.8) is 0 Å². The van der Waals surface area contributed by atoms with E-state index in [0.717, 1.165) is 24.0 Å². The maximum atomic E-state index is 12.3. The molecule has 1 saturated carbocycles. The van der Waals surface area contributed by atoms with Gasteiger partial charge in [0.25, 0.3) is 0 Å². The van der Waals surface area contributed by atoms with E-state index in [2.05, 4.69) is 13.8 Å². The second kappa shape index (κ2) is 3.90. The van der Waals surface area contributed by atoms with Crippen LogP contribution < -0.4 is 0 Å². The first-order chi connectivity index (χ1) is 8.74. The fraction of sp³-hybridized carbons (Fsp3) is 0.800. The van der Waals surface area contributed by atoms with Crippen LogP contribution in [0.1, 0.15) is 40.0 Å². The molecule has 1 saturated heterocycles. The Hall–Kier alpha value is -0.710.